The van der Waals surface area contributed by atoms with Crippen LogP contribution in [-0.4, -0.2) is 144 Å². The number of phenolic OH excluding ortho intramolecular Hbond substituents is 3. The van der Waals surface area contributed by atoms with E-state index in [4.69, 9.17) is 41.7 Å². The van der Waals surface area contributed by atoms with Crippen molar-refractivity contribution in [1.82, 2.24) is 10.6 Å². The maximum absolute atomic E-state index is 11.8. The van der Waals surface area contributed by atoms with Crippen molar-refractivity contribution in [1.29, 1.82) is 0 Å². The fourth-order valence-electron chi connectivity index (χ4n) is 30.8. The van der Waals surface area contributed by atoms with Crippen LogP contribution < -0.4 is 28.3 Å². The number of methoxy groups -OCH3 is 2. The second kappa shape index (κ2) is 35.7. The van der Waals surface area contributed by atoms with Gasteiger partial charge in [0, 0.05) is 56.9 Å². The van der Waals surface area contributed by atoms with E-state index in [2.05, 4.69) is 75.6 Å². The van der Waals surface area contributed by atoms with Crippen LogP contribution in [0.15, 0.2) is 102 Å². The summed E-state index contributed by atoms with van der Waals surface area (Å²) in [6.45, 7) is 15.8. The second-order valence-electron chi connectivity index (χ2n) is 41.9. The summed E-state index contributed by atoms with van der Waals surface area (Å²) in [6.07, 6.45) is 37.7. The predicted octanol–water partition coefficient (Wildman–Crippen LogP) is 14.5. The Morgan fingerprint density at radius 2 is 0.647 bits per heavy atom. The predicted molar refractivity (Wildman–Crippen MR) is 457 cm³/mol. The SMILES string of the molecule is COCNC[C@@H]1C[C@@H]2[C@H](CC[C@]3(C)[C@@H](O)CC[C@@H]23)c2ccc(O)cc21.COCNC[C@H]1C[C@@H]2[C@H](CC[C@]3(C)[C@@H](O)CC[C@@H]23)c2ccc(O)cc21.C[C@]12CC[C@@H]3C4C=CC(=O)C=C4[C@@H](CON)C[C@H]3[C@@H]1CC[C@@H]2O.C[C@]12CC[C@@H]3C4C=CC(=O)C=C4[C@H](CON)C[C@H]3[C@@H]1CC[C@@H]2O.C[C@]12CC[C@@H]3c4ccc(O)cc4[C@@H](CON)C[C@H]3[C@@H]1CC[C@@H]2O. The van der Waals surface area contributed by atoms with Gasteiger partial charge in [-0.05, 0) is 382 Å². The van der Waals surface area contributed by atoms with Crippen molar-refractivity contribution >= 4 is 11.6 Å². The molecule has 0 aromatic heterocycles. The smallest absolute Gasteiger partial charge is 0.178 e. The van der Waals surface area contributed by atoms with Gasteiger partial charge >= 0.3 is 0 Å². The van der Waals surface area contributed by atoms with E-state index in [1.807, 2.05) is 42.5 Å². The Morgan fingerprint density at radius 1 is 0.361 bits per heavy atom. The molecule has 17 aliphatic rings. The number of fused-ring (bicyclic) bond motifs is 25. The van der Waals surface area contributed by atoms with Gasteiger partial charge in [-0.15, -0.1) is 0 Å². The van der Waals surface area contributed by atoms with Gasteiger partial charge < -0.3 is 64.8 Å². The Kier molecular flexibility index (Phi) is 26.1. The Hall–Kier alpha value is -5.24. The molecule has 3 aromatic carbocycles. The highest BCUT2D eigenvalue weighted by Crippen LogP contribution is 2.69. The minimum absolute atomic E-state index is 0.0731. The zero-order chi connectivity index (χ0) is 83.8. The number of rotatable bonds is 14. The normalized spacial score (nSPS) is 43.5. The quantitative estimate of drug-likeness (QED) is 0.0405. The Labute approximate surface area is 706 Å². The van der Waals surface area contributed by atoms with E-state index >= 15 is 0 Å². The van der Waals surface area contributed by atoms with Crippen molar-refractivity contribution in [3.8, 4) is 17.2 Å². The molecule has 20 heteroatoms. The Morgan fingerprint density at radius 3 is 0.966 bits per heavy atom. The van der Waals surface area contributed by atoms with Gasteiger partial charge in [0.25, 0.3) is 0 Å². The molecule has 0 heterocycles. The molecular formula is C99H143N5O15. The van der Waals surface area contributed by atoms with Crippen LogP contribution in [0.1, 0.15) is 264 Å². The summed E-state index contributed by atoms with van der Waals surface area (Å²) in [5.41, 5.74) is 10.9. The van der Waals surface area contributed by atoms with Crippen LogP contribution in [0.25, 0.3) is 0 Å². The van der Waals surface area contributed by atoms with Crippen LogP contribution in [0.3, 0.4) is 0 Å². The molecule has 0 spiro atoms. The number of phenols is 3. The van der Waals surface area contributed by atoms with Crippen molar-refractivity contribution in [3.63, 3.8) is 0 Å². The van der Waals surface area contributed by atoms with Gasteiger partial charge in [0.05, 0.1) is 63.8 Å². The van der Waals surface area contributed by atoms with Crippen LogP contribution in [0.2, 0.25) is 0 Å². The lowest BCUT2D eigenvalue weighted by Gasteiger charge is -2.54. The number of nitrogens with two attached hydrogens (primary N) is 3. The lowest BCUT2D eigenvalue weighted by atomic mass is 9.51. The van der Waals surface area contributed by atoms with E-state index in [-0.39, 0.29) is 86.9 Å². The lowest BCUT2D eigenvalue weighted by molar-refractivity contribution is -0.111. The van der Waals surface area contributed by atoms with E-state index in [0.717, 1.165) is 174 Å². The molecule has 32 atom stereocenters. The lowest BCUT2D eigenvalue weighted by Crippen LogP contribution is -2.49. The number of aromatic hydroxyl groups is 3. The van der Waals surface area contributed by atoms with E-state index < -0.39 is 0 Å². The minimum atomic E-state index is -0.155. The fraction of sp³-hybridized carbons (Fsp3) is 0.717. The van der Waals surface area contributed by atoms with E-state index in [0.29, 0.717) is 163 Å². The van der Waals surface area contributed by atoms with Gasteiger partial charge in [-0.1, -0.05) is 76.1 Å². The first kappa shape index (κ1) is 87.2. The molecule has 16 N–H and O–H groups in total. The maximum atomic E-state index is 11.8. The van der Waals surface area contributed by atoms with Crippen molar-refractivity contribution in [2.45, 2.75) is 261 Å². The first-order valence-electron chi connectivity index (χ1n) is 46.3. The highest BCUT2D eigenvalue weighted by Gasteiger charge is 2.62. The summed E-state index contributed by atoms with van der Waals surface area (Å²) >= 11 is 0. The molecule has 12 saturated carbocycles. The van der Waals surface area contributed by atoms with Gasteiger partial charge in [-0.25, -0.2) is 17.7 Å². The number of carbonyl (C=O) groups is 2. The largest absolute Gasteiger partial charge is 0.508 e. The molecule has 0 bridgehead atoms. The summed E-state index contributed by atoms with van der Waals surface area (Å²) in [6, 6.07) is 17.7. The number of aliphatic hydroxyl groups is 5. The molecule has 3 aromatic rings. The van der Waals surface area contributed by atoms with Gasteiger partial charge in [-0.2, -0.15) is 0 Å². The summed E-state index contributed by atoms with van der Waals surface area (Å²) in [5, 5.41) is 89.4. The second-order valence-corrected chi connectivity index (χ2v) is 41.9. The molecule has 2 unspecified atom stereocenters. The van der Waals surface area contributed by atoms with Gasteiger partial charge in [0.1, 0.15) is 17.2 Å². The number of ether oxygens (including phenoxy) is 2. The monoisotopic (exact) mass is 1640 g/mol. The third-order valence-corrected chi connectivity index (χ3v) is 36.9. The molecule has 0 amide bonds. The molecule has 12 fully saturated rings. The van der Waals surface area contributed by atoms with Crippen molar-refractivity contribution < 1.29 is 74.4 Å². The molecule has 20 rings (SSSR count). The number of carbonyl (C=O) groups excluding carboxylic acids is 2. The molecule has 119 heavy (non-hydrogen) atoms. The van der Waals surface area contributed by atoms with Crippen LogP contribution in [-0.2, 0) is 33.6 Å². The molecule has 0 radical (unpaired) electrons. The summed E-state index contributed by atoms with van der Waals surface area (Å²) < 4.78 is 10.3. The molecule has 0 aliphatic heterocycles. The van der Waals surface area contributed by atoms with E-state index in [1.165, 1.54) is 44.5 Å². The topological polar surface area (TPSA) is 344 Å². The van der Waals surface area contributed by atoms with Gasteiger partial charge in [-0.3, -0.25) is 20.2 Å². The minimum Gasteiger partial charge on any atom is -0.508 e. The number of aliphatic hydroxyl groups excluding tert-OH is 5. The standard InChI is InChI=1S/2C21H31NO3.3C19H27NO3/c2*1-21-8-7-16-15-4-3-14(23)10-17(15)13(11-22-12-25-2)9-18(16)19(21)5-6-20(21)24;3*1-19-7-6-14-13-3-2-12(21)9-15(13)11(10-23-20)8-16(14)17(19)4-5-18(19)22/h2*3-4,10,13,16,18-20,22-24H,5-9,11-12H2,1-2H3;2-3,9,11,14,16-18,21-22H,4-8,10,20H2,1H3;2*2-3,9,11,13-14,16-18,22H,4-8,10,20H2,1H3/t13-,16+,18+,19-,20-,21-;13-,16-,18-,19+,20+,21+;11-,14-,16-,17+,18+,19+;11-,13?,14+,16+,17-,18-,19-;11-,13?,14-,16-,17+,18+,19+/m01101/s1. The van der Waals surface area contributed by atoms with Gasteiger partial charge in [0.2, 0.25) is 0 Å². The van der Waals surface area contributed by atoms with Crippen LogP contribution in [0.5, 0.6) is 17.2 Å². The zero-order valence-corrected chi connectivity index (χ0v) is 72.0. The number of allylic oxidation sites excluding steroid dienone is 6. The van der Waals surface area contributed by atoms with Crippen LogP contribution in [0, 0.1) is 122 Å². The number of ketones is 2. The highest BCUT2D eigenvalue weighted by atomic mass is 16.6. The fourth-order valence-corrected chi connectivity index (χ4v) is 30.8. The number of hydrogen-bond donors (Lipinski definition) is 13. The summed E-state index contributed by atoms with van der Waals surface area (Å²) in [5.74, 6) is 28.5. The van der Waals surface area contributed by atoms with Crippen LogP contribution >= 0.6 is 0 Å². The third-order valence-electron chi connectivity index (χ3n) is 36.9. The highest BCUT2D eigenvalue weighted by molar-refractivity contribution is 6.01. The number of benzene rings is 3. The average Bonchev–Trinajstić information content (AvgIpc) is 1.69. The van der Waals surface area contributed by atoms with Crippen LogP contribution in [0.4, 0.5) is 0 Å². The Balaban J connectivity index is 0.000000111. The third kappa shape index (κ3) is 16.0. The summed E-state index contributed by atoms with van der Waals surface area (Å²) in [7, 11) is 3.41. The molecule has 654 valence electrons. The van der Waals surface area contributed by atoms with Crippen molar-refractivity contribution in [2.24, 2.45) is 139 Å². The number of hydrogen-bond acceptors (Lipinski definition) is 20. The number of nitrogens with one attached hydrogen (secondary N) is 2. The van der Waals surface area contributed by atoms with Crippen molar-refractivity contribution in [2.75, 3.05) is 60.6 Å². The molecule has 20 nitrogen and oxygen atoms in total. The van der Waals surface area contributed by atoms with E-state index in [1.54, 1.807) is 32.4 Å². The van der Waals surface area contributed by atoms with Gasteiger partial charge in [0.15, 0.2) is 11.6 Å². The average molecular weight is 1640 g/mol. The zero-order valence-electron chi connectivity index (χ0n) is 72.0. The first-order chi connectivity index (χ1) is 57.2. The first-order valence-corrected chi connectivity index (χ1v) is 46.3. The molecule has 17 aliphatic carbocycles. The van der Waals surface area contributed by atoms with Crippen molar-refractivity contribution in [3.05, 3.63) is 136 Å². The molecule has 0 saturated heterocycles. The summed E-state index contributed by atoms with van der Waals surface area (Å²) in [4.78, 5) is 38.6. The van der Waals surface area contributed by atoms with E-state index in [9.17, 15) is 50.4 Å². The molecular weight excluding hydrogens is 1500 g/mol. The maximum Gasteiger partial charge on any atom is 0.178 e. The Bertz CT molecular complexity index is 4020.